The van der Waals surface area contributed by atoms with E-state index in [0.29, 0.717) is 6.54 Å². The fourth-order valence-electron chi connectivity index (χ4n) is 2.98. The number of rotatable bonds is 7. The third kappa shape index (κ3) is 4.60. The first-order valence-electron chi connectivity index (χ1n) is 8.91. The Labute approximate surface area is 173 Å². The fraction of sp³-hybridized carbons (Fsp3) is 0.190. The predicted molar refractivity (Wildman–Crippen MR) is 114 cm³/mol. The summed E-state index contributed by atoms with van der Waals surface area (Å²) in [7, 11) is -3.73. The summed E-state index contributed by atoms with van der Waals surface area (Å²) in [5.41, 5.74) is 0.991. The lowest BCUT2D eigenvalue weighted by Gasteiger charge is -2.20. The van der Waals surface area contributed by atoms with Crippen LogP contribution in [0.5, 0.6) is 0 Å². The molecule has 7 heteroatoms. The second-order valence-electron chi connectivity index (χ2n) is 6.30. The van der Waals surface area contributed by atoms with Crippen LogP contribution in [-0.2, 0) is 21.4 Å². The Hall–Kier alpha value is -2.22. The highest BCUT2D eigenvalue weighted by Gasteiger charge is 2.25. The Bertz CT molecular complexity index is 1080. The smallest absolute Gasteiger partial charge is 0.243 e. The summed E-state index contributed by atoms with van der Waals surface area (Å²) in [6.07, 6.45) is 0. The number of hydrogen-bond donors (Lipinski definition) is 1. The second-order valence-corrected chi connectivity index (χ2v) is 9.15. The summed E-state index contributed by atoms with van der Waals surface area (Å²) in [5, 5.41) is 5.00. The molecular weight excluding hydrogens is 440 g/mol. The summed E-state index contributed by atoms with van der Waals surface area (Å²) in [4.78, 5) is 12.6. The quantitative estimate of drug-likeness (QED) is 0.580. The lowest BCUT2D eigenvalue weighted by atomic mass is 10.0. The average molecular weight is 461 g/mol. The van der Waals surface area contributed by atoms with E-state index < -0.39 is 10.0 Å². The van der Waals surface area contributed by atoms with E-state index in [0.717, 1.165) is 20.8 Å². The zero-order valence-corrected chi connectivity index (χ0v) is 17.8. The first kappa shape index (κ1) is 20.5. The Morgan fingerprint density at radius 3 is 2.39 bits per heavy atom. The fourth-order valence-corrected chi connectivity index (χ4v) is 4.65. The van der Waals surface area contributed by atoms with Crippen LogP contribution in [0, 0.1) is 0 Å². The summed E-state index contributed by atoms with van der Waals surface area (Å²) in [6.45, 7) is 2.05. The van der Waals surface area contributed by atoms with E-state index in [1.165, 1.54) is 16.4 Å². The van der Waals surface area contributed by atoms with Gasteiger partial charge in [-0.25, -0.2) is 8.42 Å². The Kier molecular flexibility index (Phi) is 6.49. The highest BCUT2D eigenvalue weighted by atomic mass is 79.9. The molecule has 28 heavy (non-hydrogen) atoms. The van der Waals surface area contributed by atoms with Crippen LogP contribution < -0.4 is 5.32 Å². The molecule has 0 fully saturated rings. The maximum atomic E-state index is 12.8. The van der Waals surface area contributed by atoms with Crippen LogP contribution in [0.25, 0.3) is 10.8 Å². The molecule has 0 spiro atoms. The molecule has 3 aromatic rings. The summed E-state index contributed by atoms with van der Waals surface area (Å²) in [5.74, 6) is -0.338. The molecule has 0 aliphatic heterocycles. The Morgan fingerprint density at radius 1 is 1.00 bits per heavy atom. The van der Waals surface area contributed by atoms with E-state index in [-0.39, 0.29) is 23.9 Å². The van der Waals surface area contributed by atoms with Crippen LogP contribution >= 0.6 is 15.9 Å². The van der Waals surface area contributed by atoms with Gasteiger partial charge in [0.05, 0.1) is 11.4 Å². The van der Waals surface area contributed by atoms with Crippen LogP contribution in [-0.4, -0.2) is 31.7 Å². The minimum atomic E-state index is -3.73. The standard InChI is InChI=1S/C21H21BrN2O3S/c1-2-24(28(26,27)19-12-10-18(22)11-13-19)15-21(25)23-14-17-8-5-7-16-6-3-4-9-20(16)17/h3-13H,2,14-15H2,1H3,(H,23,25). The highest BCUT2D eigenvalue weighted by molar-refractivity contribution is 9.10. The first-order valence-corrected chi connectivity index (χ1v) is 11.1. The van der Waals surface area contributed by atoms with Crippen LogP contribution in [0.4, 0.5) is 0 Å². The molecule has 0 heterocycles. The van der Waals surface area contributed by atoms with Gasteiger partial charge in [-0.1, -0.05) is 65.3 Å². The van der Waals surface area contributed by atoms with Crippen molar-refractivity contribution in [2.24, 2.45) is 0 Å². The van der Waals surface area contributed by atoms with Crippen molar-refractivity contribution in [1.29, 1.82) is 0 Å². The van der Waals surface area contributed by atoms with Crippen LogP contribution in [0.2, 0.25) is 0 Å². The van der Waals surface area contributed by atoms with E-state index in [9.17, 15) is 13.2 Å². The molecule has 1 N–H and O–H groups in total. The molecule has 0 atom stereocenters. The van der Waals surface area contributed by atoms with Gasteiger partial charge in [0.15, 0.2) is 0 Å². The zero-order chi connectivity index (χ0) is 20.1. The minimum absolute atomic E-state index is 0.166. The lowest BCUT2D eigenvalue weighted by molar-refractivity contribution is -0.121. The SMILES string of the molecule is CCN(CC(=O)NCc1cccc2ccccc12)S(=O)(=O)c1ccc(Br)cc1. The third-order valence-corrected chi connectivity index (χ3v) is 6.94. The van der Waals surface area contributed by atoms with Gasteiger partial charge in [0.1, 0.15) is 0 Å². The van der Waals surface area contributed by atoms with Gasteiger partial charge in [0.25, 0.3) is 0 Å². The van der Waals surface area contributed by atoms with Crippen molar-refractivity contribution in [2.75, 3.05) is 13.1 Å². The van der Waals surface area contributed by atoms with Crippen molar-refractivity contribution in [1.82, 2.24) is 9.62 Å². The normalized spacial score (nSPS) is 11.7. The number of fused-ring (bicyclic) bond motifs is 1. The van der Waals surface area contributed by atoms with Crippen molar-refractivity contribution in [3.8, 4) is 0 Å². The van der Waals surface area contributed by atoms with Crippen molar-refractivity contribution in [3.05, 3.63) is 76.8 Å². The van der Waals surface area contributed by atoms with E-state index in [4.69, 9.17) is 0 Å². The predicted octanol–water partition coefficient (Wildman–Crippen LogP) is 3.93. The van der Waals surface area contributed by atoms with Gasteiger partial charge in [-0.05, 0) is 40.6 Å². The molecule has 1 amide bonds. The molecule has 0 saturated heterocycles. The maximum absolute atomic E-state index is 12.8. The number of carbonyl (C=O) groups excluding carboxylic acids is 1. The second kappa shape index (κ2) is 8.86. The van der Waals surface area contributed by atoms with Gasteiger partial charge >= 0.3 is 0 Å². The summed E-state index contributed by atoms with van der Waals surface area (Å²) >= 11 is 3.29. The molecule has 0 saturated carbocycles. The lowest BCUT2D eigenvalue weighted by Crippen LogP contribution is -2.40. The van der Waals surface area contributed by atoms with Crippen molar-refractivity contribution in [3.63, 3.8) is 0 Å². The van der Waals surface area contributed by atoms with Crippen LogP contribution in [0.1, 0.15) is 12.5 Å². The number of sulfonamides is 1. The topological polar surface area (TPSA) is 66.5 Å². The molecule has 3 rings (SSSR count). The van der Waals surface area contributed by atoms with Gasteiger partial charge in [0, 0.05) is 17.6 Å². The first-order chi connectivity index (χ1) is 13.4. The molecule has 0 aliphatic carbocycles. The number of nitrogens with one attached hydrogen (secondary N) is 1. The molecule has 0 unspecified atom stereocenters. The zero-order valence-electron chi connectivity index (χ0n) is 15.4. The highest BCUT2D eigenvalue weighted by Crippen LogP contribution is 2.20. The summed E-state index contributed by atoms with van der Waals surface area (Å²) in [6, 6.07) is 20.3. The van der Waals surface area contributed by atoms with Gasteiger partial charge in [-0.2, -0.15) is 4.31 Å². The molecule has 146 valence electrons. The third-order valence-electron chi connectivity index (χ3n) is 4.48. The number of benzene rings is 3. The van der Waals surface area contributed by atoms with Crippen LogP contribution in [0.3, 0.4) is 0 Å². The van der Waals surface area contributed by atoms with Crippen LogP contribution in [0.15, 0.2) is 76.1 Å². The Morgan fingerprint density at radius 2 is 1.68 bits per heavy atom. The van der Waals surface area contributed by atoms with Crippen molar-refractivity contribution in [2.45, 2.75) is 18.4 Å². The van der Waals surface area contributed by atoms with Gasteiger partial charge in [-0.3, -0.25) is 4.79 Å². The number of nitrogens with zero attached hydrogens (tertiary/aromatic N) is 1. The number of amides is 1. The van der Waals surface area contributed by atoms with Gasteiger partial charge in [0.2, 0.25) is 15.9 Å². The number of carbonyl (C=O) groups is 1. The number of hydrogen-bond acceptors (Lipinski definition) is 3. The average Bonchev–Trinajstić information content (AvgIpc) is 2.70. The molecular formula is C21H21BrN2O3S. The number of halogens is 1. The van der Waals surface area contributed by atoms with Crippen molar-refractivity contribution >= 4 is 42.6 Å². The van der Waals surface area contributed by atoms with E-state index in [2.05, 4.69) is 21.2 Å². The molecule has 5 nitrogen and oxygen atoms in total. The summed E-state index contributed by atoms with van der Waals surface area (Å²) < 4.78 is 27.5. The largest absolute Gasteiger partial charge is 0.351 e. The molecule has 0 bridgehead atoms. The maximum Gasteiger partial charge on any atom is 0.243 e. The van der Waals surface area contributed by atoms with E-state index >= 15 is 0 Å². The molecule has 3 aromatic carbocycles. The molecule has 0 radical (unpaired) electrons. The van der Waals surface area contributed by atoms with Gasteiger partial charge in [-0.15, -0.1) is 0 Å². The minimum Gasteiger partial charge on any atom is -0.351 e. The Balaban J connectivity index is 1.69. The van der Waals surface area contributed by atoms with E-state index in [1.54, 1.807) is 19.1 Å². The number of likely N-dealkylation sites (N-methyl/N-ethyl adjacent to an activating group) is 1. The molecule has 0 aromatic heterocycles. The van der Waals surface area contributed by atoms with Crippen molar-refractivity contribution < 1.29 is 13.2 Å². The van der Waals surface area contributed by atoms with Gasteiger partial charge < -0.3 is 5.32 Å². The van der Waals surface area contributed by atoms with E-state index in [1.807, 2.05) is 42.5 Å². The monoisotopic (exact) mass is 460 g/mol. The molecule has 0 aliphatic rings.